The molecule has 2 rings (SSSR count). The van der Waals surface area contributed by atoms with Gasteiger partial charge < -0.3 is 4.74 Å². The highest BCUT2D eigenvalue weighted by Gasteiger charge is 2.07. The van der Waals surface area contributed by atoms with Gasteiger partial charge in [0.05, 0.1) is 11.6 Å². The molecule has 0 aliphatic carbocycles. The Morgan fingerprint density at radius 3 is 2.62 bits per heavy atom. The summed E-state index contributed by atoms with van der Waals surface area (Å²) >= 11 is 0. The van der Waals surface area contributed by atoms with Gasteiger partial charge in [-0.3, -0.25) is 4.79 Å². The molecule has 0 radical (unpaired) electrons. The molecule has 0 bridgehead atoms. The van der Waals surface area contributed by atoms with Gasteiger partial charge in [-0.15, -0.1) is 0 Å². The van der Waals surface area contributed by atoms with Crippen molar-refractivity contribution < 1.29 is 9.53 Å². The fourth-order valence-electron chi connectivity index (χ4n) is 2.03. The van der Waals surface area contributed by atoms with Crippen molar-refractivity contribution in [2.24, 2.45) is 0 Å². The van der Waals surface area contributed by atoms with Crippen LogP contribution in [0.4, 0.5) is 0 Å². The lowest BCUT2D eigenvalue weighted by Gasteiger charge is -2.06. The van der Waals surface area contributed by atoms with E-state index in [0.717, 1.165) is 12.8 Å². The number of hydrogen-bond acceptors (Lipinski definition) is 3. The van der Waals surface area contributed by atoms with Gasteiger partial charge in [0.1, 0.15) is 5.75 Å². The summed E-state index contributed by atoms with van der Waals surface area (Å²) < 4.78 is 5.44. The van der Waals surface area contributed by atoms with Crippen molar-refractivity contribution in [3.63, 3.8) is 0 Å². The first kappa shape index (κ1) is 14.8. The molecule has 2 aromatic carbocycles. The van der Waals surface area contributed by atoms with Crippen molar-refractivity contribution in [3.8, 4) is 11.8 Å². The van der Waals surface area contributed by atoms with Crippen LogP contribution in [-0.2, 0) is 6.42 Å². The van der Waals surface area contributed by atoms with Crippen LogP contribution in [0.3, 0.4) is 0 Å². The molecule has 0 saturated heterocycles. The zero-order valence-corrected chi connectivity index (χ0v) is 12.0. The minimum atomic E-state index is -0.0691. The van der Waals surface area contributed by atoms with Gasteiger partial charge in [-0.1, -0.05) is 43.7 Å². The van der Waals surface area contributed by atoms with Crippen LogP contribution >= 0.6 is 0 Å². The predicted octanol–water partition coefficient (Wildman–Crippen LogP) is 3.77. The van der Waals surface area contributed by atoms with E-state index in [1.54, 1.807) is 24.3 Å². The lowest BCUT2D eigenvalue weighted by Crippen LogP contribution is -2.11. The number of ketones is 1. The number of carbonyl (C=O) groups excluding carboxylic acids is 1. The van der Waals surface area contributed by atoms with E-state index in [-0.39, 0.29) is 12.4 Å². The minimum absolute atomic E-state index is 0.0258. The molecule has 0 aliphatic rings. The third kappa shape index (κ3) is 4.19. The molecule has 0 atom stereocenters. The van der Waals surface area contributed by atoms with E-state index in [1.807, 2.05) is 30.3 Å². The fourth-order valence-corrected chi connectivity index (χ4v) is 2.03. The molecule has 0 fully saturated rings. The fraction of sp³-hybridized carbons (Fsp3) is 0.222. The monoisotopic (exact) mass is 279 g/mol. The topological polar surface area (TPSA) is 50.1 Å². The van der Waals surface area contributed by atoms with Crippen LogP contribution in [-0.4, -0.2) is 12.4 Å². The molecule has 21 heavy (non-hydrogen) atoms. The normalized spacial score (nSPS) is 9.90. The second kappa shape index (κ2) is 7.25. The molecule has 0 unspecified atom stereocenters. The summed E-state index contributed by atoms with van der Waals surface area (Å²) in [5.74, 6) is 0.463. The summed E-state index contributed by atoms with van der Waals surface area (Å²) in [6.45, 7) is 2.10. The molecule has 0 spiro atoms. The molecule has 0 aliphatic heterocycles. The molecular weight excluding hydrogens is 262 g/mol. The highest BCUT2D eigenvalue weighted by atomic mass is 16.5. The van der Waals surface area contributed by atoms with E-state index < -0.39 is 0 Å². The van der Waals surface area contributed by atoms with Crippen molar-refractivity contribution in [2.45, 2.75) is 19.8 Å². The summed E-state index contributed by atoms with van der Waals surface area (Å²) in [5.41, 5.74) is 2.40. The molecule has 3 heteroatoms. The molecule has 0 aromatic heterocycles. The van der Waals surface area contributed by atoms with Crippen molar-refractivity contribution in [1.82, 2.24) is 0 Å². The second-order valence-electron chi connectivity index (χ2n) is 4.80. The SMILES string of the molecule is CCCc1ccc(C(=O)COc2cccc(C#N)c2)cc1. The lowest BCUT2D eigenvalue weighted by molar-refractivity contribution is 0.0921. The Kier molecular flexibility index (Phi) is 5.11. The van der Waals surface area contributed by atoms with E-state index in [4.69, 9.17) is 10.00 Å². The molecule has 0 N–H and O–H groups in total. The number of Topliss-reactive ketones (excluding diaryl/α,β-unsaturated/α-hetero) is 1. The first-order valence-electron chi connectivity index (χ1n) is 6.98. The van der Waals surface area contributed by atoms with Crippen LogP contribution in [0, 0.1) is 11.3 Å². The Labute approximate surface area is 124 Å². The van der Waals surface area contributed by atoms with Crippen LogP contribution in [0.15, 0.2) is 48.5 Å². The van der Waals surface area contributed by atoms with Crippen molar-refractivity contribution in [2.75, 3.05) is 6.61 Å². The summed E-state index contributed by atoms with van der Waals surface area (Å²) in [5, 5.41) is 8.81. The highest BCUT2D eigenvalue weighted by molar-refractivity contribution is 5.97. The molecule has 0 saturated carbocycles. The molecule has 2 aromatic rings. The molecule has 3 nitrogen and oxygen atoms in total. The van der Waals surface area contributed by atoms with Crippen molar-refractivity contribution >= 4 is 5.78 Å². The maximum Gasteiger partial charge on any atom is 0.200 e. The van der Waals surface area contributed by atoms with Crippen LogP contribution in [0.25, 0.3) is 0 Å². The van der Waals surface area contributed by atoms with Crippen LogP contribution in [0.2, 0.25) is 0 Å². The maximum absolute atomic E-state index is 12.1. The minimum Gasteiger partial charge on any atom is -0.485 e. The lowest BCUT2D eigenvalue weighted by atomic mass is 10.1. The number of benzene rings is 2. The molecule has 0 amide bonds. The second-order valence-corrected chi connectivity index (χ2v) is 4.80. The highest BCUT2D eigenvalue weighted by Crippen LogP contribution is 2.13. The standard InChI is InChI=1S/C18H17NO2/c1-2-4-14-7-9-16(10-8-14)18(20)13-21-17-6-3-5-15(11-17)12-19/h3,5-11H,2,4,13H2,1H3. The van der Waals surface area contributed by atoms with E-state index >= 15 is 0 Å². The first-order valence-corrected chi connectivity index (χ1v) is 6.98. The van der Waals surface area contributed by atoms with Gasteiger partial charge in [-0.05, 0) is 30.2 Å². The van der Waals surface area contributed by atoms with Gasteiger partial charge >= 0.3 is 0 Å². The van der Waals surface area contributed by atoms with Crippen LogP contribution in [0.5, 0.6) is 5.75 Å². The number of rotatable bonds is 6. The van der Waals surface area contributed by atoms with E-state index in [2.05, 4.69) is 6.92 Å². The van der Waals surface area contributed by atoms with Crippen molar-refractivity contribution in [1.29, 1.82) is 5.26 Å². The van der Waals surface area contributed by atoms with E-state index in [9.17, 15) is 4.79 Å². The largest absolute Gasteiger partial charge is 0.485 e. The van der Waals surface area contributed by atoms with Gasteiger partial charge in [0.2, 0.25) is 0 Å². The Morgan fingerprint density at radius 1 is 1.19 bits per heavy atom. The zero-order valence-electron chi connectivity index (χ0n) is 12.0. The zero-order chi connectivity index (χ0) is 15.1. The van der Waals surface area contributed by atoms with Gasteiger partial charge in [0.25, 0.3) is 0 Å². The Hall–Kier alpha value is -2.60. The van der Waals surface area contributed by atoms with Gasteiger partial charge in [0.15, 0.2) is 12.4 Å². The number of nitriles is 1. The summed E-state index contributed by atoms with van der Waals surface area (Å²) in [6.07, 6.45) is 2.11. The van der Waals surface area contributed by atoms with Gasteiger partial charge in [-0.25, -0.2) is 0 Å². The predicted molar refractivity (Wildman–Crippen MR) is 81.4 cm³/mol. The number of ether oxygens (including phenoxy) is 1. The third-order valence-electron chi connectivity index (χ3n) is 3.15. The average Bonchev–Trinajstić information content (AvgIpc) is 2.54. The summed E-state index contributed by atoms with van der Waals surface area (Å²) in [4.78, 5) is 12.1. The number of aryl methyl sites for hydroxylation is 1. The smallest absolute Gasteiger partial charge is 0.200 e. The number of nitrogens with zero attached hydrogens (tertiary/aromatic N) is 1. The number of carbonyl (C=O) groups is 1. The summed E-state index contributed by atoms with van der Waals surface area (Å²) in [6, 6.07) is 16.5. The molecular formula is C18H17NO2. The van der Waals surface area contributed by atoms with Crippen LogP contribution in [0.1, 0.15) is 34.8 Å². The average molecular weight is 279 g/mol. The first-order chi connectivity index (χ1) is 10.2. The summed E-state index contributed by atoms with van der Waals surface area (Å²) in [7, 11) is 0. The Bertz CT molecular complexity index is 654. The third-order valence-corrected chi connectivity index (χ3v) is 3.15. The Balaban J connectivity index is 1.96. The molecule has 106 valence electrons. The number of hydrogen-bond donors (Lipinski definition) is 0. The van der Waals surface area contributed by atoms with Gasteiger partial charge in [-0.2, -0.15) is 5.26 Å². The van der Waals surface area contributed by atoms with Gasteiger partial charge in [0, 0.05) is 5.56 Å². The quantitative estimate of drug-likeness (QED) is 0.756. The maximum atomic E-state index is 12.1. The van der Waals surface area contributed by atoms with E-state index in [1.165, 1.54) is 5.56 Å². The van der Waals surface area contributed by atoms with Crippen molar-refractivity contribution in [3.05, 3.63) is 65.2 Å². The molecule has 0 heterocycles. The Morgan fingerprint density at radius 2 is 1.95 bits per heavy atom. The van der Waals surface area contributed by atoms with E-state index in [0.29, 0.717) is 16.9 Å². The van der Waals surface area contributed by atoms with Crippen LogP contribution < -0.4 is 4.74 Å².